The zero-order chi connectivity index (χ0) is 16.3. The van der Waals surface area contributed by atoms with Crippen LogP contribution in [0.2, 0.25) is 0 Å². The molecule has 0 unspecified atom stereocenters. The number of hydrogen-bond donors (Lipinski definition) is 0. The average Bonchev–Trinajstić information content (AvgIpc) is 2.41. The predicted octanol–water partition coefficient (Wildman–Crippen LogP) is 1.35. The van der Waals surface area contributed by atoms with Gasteiger partial charge in [0.2, 0.25) is 0 Å². The fraction of sp³-hybridized carbons (Fsp3) is 0.769. The second kappa shape index (κ2) is 10.6. The van der Waals surface area contributed by atoms with E-state index in [1.54, 1.807) is 0 Å². The molecule has 0 spiro atoms. The van der Waals surface area contributed by atoms with Gasteiger partial charge in [0, 0.05) is 32.1 Å². The molecule has 8 heteroatoms. The van der Waals surface area contributed by atoms with Crippen LogP contribution in [0.1, 0.15) is 51.9 Å². The van der Waals surface area contributed by atoms with Crippen LogP contribution in [0.4, 0.5) is 0 Å². The van der Waals surface area contributed by atoms with E-state index in [2.05, 4.69) is 8.37 Å². The lowest BCUT2D eigenvalue weighted by Crippen LogP contribution is -2.10. The Bertz CT molecular complexity index is 453. The fourth-order valence-corrected chi connectivity index (χ4v) is 1.94. The van der Waals surface area contributed by atoms with Gasteiger partial charge in [0.1, 0.15) is 17.3 Å². The Labute approximate surface area is 125 Å². The smallest absolute Gasteiger partial charge is 0.300 e. The number of hydrogen-bond acceptors (Lipinski definition) is 7. The van der Waals surface area contributed by atoms with Gasteiger partial charge in [-0.15, -0.1) is 0 Å². The Morgan fingerprint density at radius 3 is 1.90 bits per heavy atom. The van der Waals surface area contributed by atoms with E-state index in [4.69, 9.17) is 0 Å². The second-order valence-electron chi connectivity index (χ2n) is 4.63. The number of rotatable bonds is 13. The zero-order valence-corrected chi connectivity index (χ0v) is 13.2. The highest BCUT2D eigenvalue weighted by Gasteiger charge is 2.10. The van der Waals surface area contributed by atoms with Crippen LogP contribution in [-0.4, -0.2) is 39.5 Å². The van der Waals surface area contributed by atoms with Crippen molar-refractivity contribution < 1.29 is 31.2 Å². The maximum absolute atomic E-state index is 11.5. The highest BCUT2D eigenvalue weighted by Crippen LogP contribution is 2.06. The Morgan fingerprint density at radius 2 is 1.38 bits per heavy atom. The molecule has 0 aliphatic rings. The Balaban J connectivity index is 3.63. The molecular formula is C13H22O7S. The van der Waals surface area contributed by atoms with Gasteiger partial charge in [-0.3, -0.25) is 13.8 Å². The van der Waals surface area contributed by atoms with Gasteiger partial charge < -0.3 is 4.79 Å². The van der Waals surface area contributed by atoms with Crippen LogP contribution in [0, 0.1) is 0 Å². The molecule has 0 heterocycles. The average molecular weight is 322 g/mol. The first-order valence-electron chi connectivity index (χ1n) is 6.74. The molecule has 0 rings (SSSR count). The number of carbonyl (C=O) groups is 3. The first-order chi connectivity index (χ1) is 9.76. The van der Waals surface area contributed by atoms with E-state index >= 15 is 0 Å². The molecule has 0 saturated carbocycles. The third-order valence-corrected chi connectivity index (χ3v) is 3.56. The van der Waals surface area contributed by atoms with E-state index in [9.17, 15) is 22.8 Å². The number of carbonyl (C=O) groups excluding carboxylic acids is 3. The second-order valence-corrected chi connectivity index (χ2v) is 6.02. The monoisotopic (exact) mass is 322 g/mol. The van der Waals surface area contributed by atoms with Crippen LogP contribution < -0.4 is 0 Å². The molecule has 122 valence electrons. The zero-order valence-electron chi connectivity index (χ0n) is 12.4. The highest BCUT2D eigenvalue weighted by molar-refractivity contribution is 7.81. The first kappa shape index (κ1) is 19.9. The lowest BCUT2D eigenvalue weighted by atomic mass is 10.0. The molecule has 0 aromatic rings. The Morgan fingerprint density at radius 1 is 0.857 bits per heavy atom. The largest absolute Gasteiger partial charge is 0.399 e. The minimum absolute atomic E-state index is 0.0208. The molecule has 0 saturated heterocycles. The number of ketones is 3. The molecule has 0 bridgehead atoms. The van der Waals surface area contributed by atoms with E-state index < -0.39 is 10.4 Å². The van der Waals surface area contributed by atoms with Gasteiger partial charge in [0.05, 0.1) is 13.7 Å². The topological polar surface area (TPSA) is 104 Å². The summed E-state index contributed by atoms with van der Waals surface area (Å²) in [5.41, 5.74) is 0. The van der Waals surface area contributed by atoms with Crippen LogP contribution in [0.3, 0.4) is 0 Å². The Kier molecular flexibility index (Phi) is 10.0. The maximum atomic E-state index is 11.5. The van der Waals surface area contributed by atoms with Crippen molar-refractivity contribution in [2.45, 2.75) is 51.9 Å². The fourth-order valence-electron chi connectivity index (χ4n) is 1.53. The lowest BCUT2D eigenvalue weighted by molar-refractivity contribution is -0.123. The third kappa shape index (κ3) is 12.3. The van der Waals surface area contributed by atoms with E-state index in [1.807, 2.05) is 0 Å². The summed E-state index contributed by atoms with van der Waals surface area (Å²) >= 11 is 0. The van der Waals surface area contributed by atoms with Crippen molar-refractivity contribution in [3.05, 3.63) is 0 Å². The van der Waals surface area contributed by atoms with Crippen molar-refractivity contribution in [3.63, 3.8) is 0 Å². The first-order valence-corrected chi connectivity index (χ1v) is 8.08. The van der Waals surface area contributed by atoms with Crippen LogP contribution in [-0.2, 0) is 33.1 Å². The summed E-state index contributed by atoms with van der Waals surface area (Å²) in [5.74, 6) is -0.0919. The van der Waals surface area contributed by atoms with Gasteiger partial charge in [0.15, 0.2) is 0 Å². The van der Waals surface area contributed by atoms with Gasteiger partial charge in [-0.25, -0.2) is 4.18 Å². The molecule has 21 heavy (non-hydrogen) atoms. The molecule has 0 aromatic carbocycles. The summed E-state index contributed by atoms with van der Waals surface area (Å²) in [4.78, 5) is 33.6. The van der Waals surface area contributed by atoms with Crippen molar-refractivity contribution >= 4 is 27.7 Å². The highest BCUT2D eigenvalue weighted by atomic mass is 32.3. The molecule has 7 nitrogen and oxygen atoms in total. The lowest BCUT2D eigenvalue weighted by Gasteiger charge is -2.03. The SMILES string of the molecule is COS(=O)(=O)OCCCC(=O)CCCC(=O)CCC(C)=O. The van der Waals surface area contributed by atoms with Gasteiger partial charge >= 0.3 is 10.4 Å². The normalized spacial score (nSPS) is 11.3. The Hall–Kier alpha value is -1.12. The van der Waals surface area contributed by atoms with Crippen molar-refractivity contribution in [2.75, 3.05) is 13.7 Å². The minimum Gasteiger partial charge on any atom is -0.300 e. The van der Waals surface area contributed by atoms with Crippen LogP contribution in [0.15, 0.2) is 0 Å². The molecule has 0 aromatic heterocycles. The summed E-state index contributed by atoms with van der Waals surface area (Å²) in [6, 6.07) is 0. The quantitative estimate of drug-likeness (QED) is 0.471. The molecule has 0 N–H and O–H groups in total. The summed E-state index contributed by atoms with van der Waals surface area (Å²) in [6.07, 6.45) is 1.95. The van der Waals surface area contributed by atoms with Crippen LogP contribution in [0.25, 0.3) is 0 Å². The molecule has 0 amide bonds. The van der Waals surface area contributed by atoms with Gasteiger partial charge in [-0.2, -0.15) is 8.42 Å². The van der Waals surface area contributed by atoms with Crippen molar-refractivity contribution in [3.8, 4) is 0 Å². The van der Waals surface area contributed by atoms with Gasteiger partial charge in [-0.05, 0) is 19.8 Å². The summed E-state index contributed by atoms with van der Waals surface area (Å²) in [5, 5.41) is 0. The van der Waals surface area contributed by atoms with Gasteiger partial charge in [-0.1, -0.05) is 0 Å². The van der Waals surface area contributed by atoms with Crippen molar-refractivity contribution in [2.24, 2.45) is 0 Å². The summed E-state index contributed by atoms with van der Waals surface area (Å²) < 4.78 is 30.1. The summed E-state index contributed by atoms with van der Waals surface area (Å²) in [6.45, 7) is 1.32. The van der Waals surface area contributed by atoms with E-state index in [0.717, 1.165) is 7.11 Å². The molecular weight excluding hydrogens is 300 g/mol. The standard InChI is InChI=1S/C13H22O7S/c1-11(14)8-9-13(16)6-3-5-12(15)7-4-10-20-21(17,18)19-2/h3-10H2,1-2H3. The predicted molar refractivity (Wildman–Crippen MR) is 74.9 cm³/mol. The maximum Gasteiger partial charge on any atom is 0.399 e. The van der Waals surface area contributed by atoms with Crippen LogP contribution in [0.5, 0.6) is 0 Å². The molecule has 0 aliphatic heterocycles. The van der Waals surface area contributed by atoms with Gasteiger partial charge in [0.25, 0.3) is 0 Å². The van der Waals surface area contributed by atoms with E-state index in [-0.39, 0.29) is 62.5 Å². The van der Waals surface area contributed by atoms with E-state index in [0.29, 0.717) is 6.42 Å². The van der Waals surface area contributed by atoms with Crippen molar-refractivity contribution in [1.29, 1.82) is 0 Å². The van der Waals surface area contributed by atoms with E-state index in [1.165, 1.54) is 6.92 Å². The molecule has 0 fully saturated rings. The van der Waals surface area contributed by atoms with Crippen molar-refractivity contribution in [1.82, 2.24) is 0 Å². The molecule has 0 radical (unpaired) electrons. The van der Waals surface area contributed by atoms with Crippen LogP contribution >= 0.6 is 0 Å². The summed E-state index contributed by atoms with van der Waals surface area (Å²) in [7, 11) is -2.95. The molecule has 0 atom stereocenters. The third-order valence-electron chi connectivity index (χ3n) is 2.70. The minimum atomic E-state index is -3.94. The number of Topliss-reactive ketones (excluding diaryl/α,β-unsaturated/α-hetero) is 3. The molecule has 0 aliphatic carbocycles.